The number of hydrogen-bond acceptors (Lipinski definition) is 4. The van der Waals surface area contributed by atoms with Crippen molar-refractivity contribution in [1.29, 1.82) is 0 Å². The van der Waals surface area contributed by atoms with E-state index in [0.29, 0.717) is 30.2 Å². The lowest BCUT2D eigenvalue weighted by Gasteiger charge is -2.25. The molecule has 0 bridgehead atoms. The zero-order valence-electron chi connectivity index (χ0n) is 17.0. The summed E-state index contributed by atoms with van der Waals surface area (Å²) in [6.45, 7) is 8.60. The summed E-state index contributed by atoms with van der Waals surface area (Å²) < 4.78 is 11.2. The Bertz CT molecular complexity index is 865. The summed E-state index contributed by atoms with van der Waals surface area (Å²) in [7, 11) is 0. The van der Waals surface area contributed by atoms with Crippen LogP contribution in [0.4, 0.5) is 5.69 Å². The van der Waals surface area contributed by atoms with Crippen LogP contribution in [0.25, 0.3) is 0 Å². The summed E-state index contributed by atoms with van der Waals surface area (Å²) in [4.78, 5) is 27.4. The molecule has 150 valence electrons. The molecule has 28 heavy (non-hydrogen) atoms. The largest absolute Gasteiger partial charge is 0.466 e. The van der Waals surface area contributed by atoms with E-state index in [1.807, 2.05) is 32.0 Å². The molecule has 1 aliphatic heterocycles. The fourth-order valence-electron chi connectivity index (χ4n) is 3.52. The molecular weight excluding hydrogens is 356 g/mol. The van der Waals surface area contributed by atoms with Crippen LogP contribution in [-0.4, -0.2) is 42.5 Å². The Morgan fingerprint density at radius 3 is 2.64 bits per heavy atom. The first kappa shape index (κ1) is 20.1. The van der Waals surface area contributed by atoms with Crippen molar-refractivity contribution in [3.63, 3.8) is 0 Å². The van der Waals surface area contributed by atoms with Gasteiger partial charge in [-0.15, -0.1) is 0 Å². The molecule has 0 radical (unpaired) electrons. The Morgan fingerprint density at radius 2 is 2.00 bits per heavy atom. The average Bonchev–Trinajstić information content (AvgIpc) is 3.27. The number of aryl methyl sites for hydroxylation is 3. The Hall–Kier alpha value is -2.60. The molecule has 1 N–H and O–H groups in total. The van der Waals surface area contributed by atoms with Gasteiger partial charge in [-0.3, -0.25) is 9.59 Å². The predicted octanol–water partition coefficient (Wildman–Crippen LogP) is 3.77. The molecule has 1 aromatic carbocycles. The number of anilines is 1. The molecule has 1 saturated heterocycles. The number of carbonyl (C=O) groups is 2. The lowest BCUT2D eigenvalue weighted by molar-refractivity contribution is -0.117. The van der Waals surface area contributed by atoms with Crippen LogP contribution in [0, 0.1) is 27.7 Å². The standard InChI is InChI=1S/C22H28N2O4/c1-14-7-5-9-20(16(14)3)23-21(25)13-24(12-18-8-6-10-27-18)22(26)19-11-15(2)28-17(19)4/h5,7,9,11,18H,6,8,10,12-13H2,1-4H3,(H,23,25)/t18-/m0/s1. The van der Waals surface area contributed by atoms with Gasteiger partial charge in [-0.05, 0) is 63.8 Å². The van der Waals surface area contributed by atoms with Crippen molar-refractivity contribution in [2.75, 3.05) is 25.0 Å². The molecule has 1 atom stereocenters. The highest BCUT2D eigenvalue weighted by Crippen LogP contribution is 2.20. The zero-order chi connectivity index (χ0) is 20.3. The number of carbonyl (C=O) groups excluding carboxylic acids is 2. The van der Waals surface area contributed by atoms with Crippen LogP contribution >= 0.6 is 0 Å². The van der Waals surface area contributed by atoms with Crippen LogP contribution in [0.1, 0.15) is 45.8 Å². The maximum absolute atomic E-state index is 13.1. The Balaban J connectivity index is 1.76. The molecule has 1 fully saturated rings. The number of rotatable bonds is 6. The van der Waals surface area contributed by atoms with E-state index in [2.05, 4.69) is 5.32 Å². The lowest BCUT2D eigenvalue weighted by Crippen LogP contribution is -2.42. The van der Waals surface area contributed by atoms with Gasteiger partial charge in [0.2, 0.25) is 5.91 Å². The minimum absolute atomic E-state index is 0.0320. The highest BCUT2D eigenvalue weighted by molar-refractivity contribution is 6.00. The van der Waals surface area contributed by atoms with Gasteiger partial charge in [0.15, 0.2) is 0 Å². The number of ether oxygens (including phenoxy) is 1. The van der Waals surface area contributed by atoms with E-state index in [9.17, 15) is 9.59 Å². The van der Waals surface area contributed by atoms with E-state index in [-0.39, 0.29) is 24.5 Å². The lowest BCUT2D eigenvalue weighted by atomic mass is 10.1. The zero-order valence-corrected chi connectivity index (χ0v) is 17.0. The van der Waals surface area contributed by atoms with Crippen molar-refractivity contribution in [3.05, 3.63) is 52.5 Å². The van der Waals surface area contributed by atoms with Gasteiger partial charge in [0.25, 0.3) is 5.91 Å². The first-order chi connectivity index (χ1) is 13.3. The van der Waals surface area contributed by atoms with Crippen molar-refractivity contribution in [2.24, 2.45) is 0 Å². The minimum atomic E-state index is -0.224. The van der Waals surface area contributed by atoms with Crippen LogP contribution in [0.5, 0.6) is 0 Å². The molecule has 6 heteroatoms. The molecule has 3 rings (SSSR count). The van der Waals surface area contributed by atoms with E-state index in [0.717, 1.165) is 29.7 Å². The number of benzene rings is 1. The highest BCUT2D eigenvalue weighted by atomic mass is 16.5. The number of furan rings is 1. The summed E-state index contributed by atoms with van der Waals surface area (Å²) in [5, 5.41) is 2.94. The summed E-state index contributed by atoms with van der Waals surface area (Å²) in [5.41, 5.74) is 3.39. The van der Waals surface area contributed by atoms with Crippen molar-refractivity contribution < 1.29 is 18.7 Å². The molecular formula is C22H28N2O4. The van der Waals surface area contributed by atoms with E-state index in [4.69, 9.17) is 9.15 Å². The highest BCUT2D eigenvalue weighted by Gasteiger charge is 2.27. The maximum atomic E-state index is 13.1. The topological polar surface area (TPSA) is 71.8 Å². The van der Waals surface area contributed by atoms with Crippen molar-refractivity contribution in [2.45, 2.75) is 46.6 Å². The van der Waals surface area contributed by atoms with Crippen molar-refractivity contribution in [3.8, 4) is 0 Å². The second-order valence-electron chi connectivity index (χ2n) is 7.44. The monoisotopic (exact) mass is 384 g/mol. The molecule has 2 amide bonds. The Morgan fingerprint density at radius 1 is 1.21 bits per heavy atom. The van der Waals surface area contributed by atoms with E-state index < -0.39 is 0 Å². The molecule has 0 spiro atoms. The van der Waals surface area contributed by atoms with Gasteiger partial charge < -0.3 is 19.4 Å². The van der Waals surface area contributed by atoms with Crippen LogP contribution in [0.2, 0.25) is 0 Å². The molecule has 0 saturated carbocycles. The van der Waals surface area contributed by atoms with Crippen LogP contribution in [0.15, 0.2) is 28.7 Å². The average molecular weight is 384 g/mol. The van der Waals surface area contributed by atoms with Gasteiger partial charge in [0.05, 0.1) is 11.7 Å². The maximum Gasteiger partial charge on any atom is 0.257 e. The minimum Gasteiger partial charge on any atom is -0.466 e. The molecule has 0 aliphatic carbocycles. The van der Waals surface area contributed by atoms with Gasteiger partial charge in [0, 0.05) is 18.8 Å². The number of hydrogen-bond donors (Lipinski definition) is 1. The fraction of sp³-hybridized carbons (Fsp3) is 0.455. The molecule has 0 unspecified atom stereocenters. The van der Waals surface area contributed by atoms with Gasteiger partial charge >= 0.3 is 0 Å². The first-order valence-corrected chi connectivity index (χ1v) is 9.69. The third-order valence-electron chi connectivity index (χ3n) is 5.22. The second-order valence-corrected chi connectivity index (χ2v) is 7.44. The normalized spacial score (nSPS) is 16.2. The molecule has 1 aliphatic rings. The number of nitrogens with zero attached hydrogens (tertiary/aromatic N) is 1. The summed E-state index contributed by atoms with van der Waals surface area (Å²) in [6, 6.07) is 7.51. The van der Waals surface area contributed by atoms with Gasteiger partial charge in [0.1, 0.15) is 18.1 Å². The molecule has 2 heterocycles. The van der Waals surface area contributed by atoms with Crippen LogP contribution < -0.4 is 5.32 Å². The second kappa shape index (κ2) is 8.61. The Kier molecular flexibility index (Phi) is 6.19. The van der Waals surface area contributed by atoms with Crippen LogP contribution in [-0.2, 0) is 9.53 Å². The van der Waals surface area contributed by atoms with E-state index >= 15 is 0 Å². The van der Waals surface area contributed by atoms with E-state index in [1.165, 1.54) is 0 Å². The smallest absolute Gasteiger partial charge is 0.257 e. The van der Waals surface area contributed by atoms with Crippen molar-refractivity contribution >= 4 is 17.5 Å². The van der Waals surface area contributed by atoms with E-state index in [1.54, 1.807) is 24.8 Å². The van der Waals surface area contributed by atoms with Gasteiger partial charge in [-0.2, -0.15) is 0 Å². The Labute approximate surface area is 165 Å². The molecule has 1 aromatic heterocycles. The van der Waals surface area contributed by atoms with Gasteiger partial charge in [-0.1, -0.05) is 12.1 Å². The summed E-state index contributed by atoms with van der Waals surface area (Å²) in [6.07, 6.45) is 1.84. The van der Waals surface area contributed by atoms with Crippen molar-refractivity contribution in [1.82, 2.24) is 4.90 Å². The molecule has 6 nitrogen and oxygen atoms in total. The van der Waals surface area contributed by atoms with Gasteiger partial charge in [-0.25, -0.2) is 0 Å². The fourth-order valence-corrected chi connectivity index (χ4v) is 3.52. The summed E-state index contributed by atoms with van der Waals surface area (Å²) in [5.74, 6) is 0.811. The summed E-state index contributed by atoms with van der Waals surface area (Å²) >= 11 is 0. The predicted molar refractivity (Wildman–Crippen MR) is 108 cm³/mol. The SMILES string of the molecule is Cc1cc(C(=O)N(CC(=O)Nc2cccc(C)c2C)C[C@@H]2CCCO2)c(C)o1. The van der Waals surface area contributed by atoms with Crippen LogP contribution in [0.3, 0.4) is 0 Å². The quantitative estimate of drug-likeness (QED) is 0.823. The third kappa shape index (κ3) is 4.62. The number of amides is 2. The third-order valence-corrected chi connectivity index (χ3v) is 5.22. The molecule has 2 aromatic rings. The first-order valence-electron chi connectivity index (χ1n) is 9.69. The number of nitrogens with one attached hydrogen (secondary N) is 1.